The molecule has 5 atom stereocenters. The first-order valence-corrected chi connectivity index (χ1v) is 11.0. The number of carbonyl (C=O) groups is 3. The number of benzene rings is 2. The third kappa shape index (κ3) is 2.64. The predicted molar refractivity (Wildman–Crippen MR) is 117 cm³/mol. The third-order valence-corrected chi connectivity index (χ3v) is 7.32. The largest absolute Gasteiger partial charge is 0.324 e. The van der Waals surface area contributed by atoms with Crippen molar-refractivity contribution in [2.45, 2.75) is 51.2 Å². The van der Waals surface area contributed by atoms with Gasteiger partial charge < -0.3 is 5.32 Å². The van der Waals surface area contributed by atoms with Gasteiger partial charge in [0, 0.05) is 23.3 Å². The molecule has 0 radical (unpaired) electrons. The maximum atomic E-state index is 13.7. The summed E-state index contributed by atoms with van der Waals surface area (Å²) in [5, 5.41) is 6.51. The number of anilines is 1. The van der Waals surface area contributed by atoms with Gasteiger partial charge in [-0.25, -0.2) is 0 Å². The van der Waals surface area contributed by atoms with Crippen molar-refractivity contribution in [2.24, 2.45) is 11.8 Å². The molecule has 3 aliphatic heterocycles. The topological polar surface area (TPSA) is 78.5 Å². The molecule has 0 aromatic heterocycles. The van der Waals surface area contributed by atoms with Crippen LogP contribution < -0.4 is 10.6 Å². The molecule has 3 amide bonds. The van der Waals surface area contributed by atoms with Crippen LogP contribution in [0.25, 0.3) is 0 Å². The molecule has 0 saturated carbocycles. The molecule has 2 N–H and O–H groups in total. The van der Waals surface area contributed by atoms with Gasteiger partial charge in [-0.3, -0.25) is 24.6 Å². The van der Waals surface area contributed by atoms with E-state index in [1.165, 1.54) is 4.90 Å². The smallest absolute Gasteiger partial charge is 0.250 e. The molecule has 2 aromatic rings. The van der Waals surface area contributed by atoms with Crippen molar-refractivity contribution in [1.82, 2.24) is 10.2 Å². The highest BCUT2D eigenvalue weighted by molar-refractivity contribution is 6.15. The molecule has 31 heavy (non-hydrogen) atoms. The summed E-state index contributed by atoms with van der Waals surface area (Å²) in [4.78, 5) is 42.1. The highest BCUT2D eigenvalue weighted by Crippen LogP contribution is 2.54. The lowest BCUT2D eigenvalue weighted by atomic mass is 9.76. The second kappa shape index (κ2) is 7.02. The first-order valence-electron chi connectivity index (χ1n) is 11.0. The average molecular weight is 418 g/mol. The minimum atomic E-state index is -1.22. The molecule has 5 rings (SSSR count). The quantitative estimate of drug-likeness (QED) is 0.750. The van der Waals surface area contributed by atoms with Gasteiger partial charge >= 0.3 is 0 Å². The highest BCUT2D eigenvalue weighted by Gasteiger charge is 2.70. The molecule has 0 aliphatic carbocycles. The van der Waals surface area contributed by atoms with Crippen LogP contribution in [0.15, 0.2) is 48.5 Å². The highest BCUT2D eigenvalue weighted by atomic mass is 16.2. The number of nitrogens with one attached hydrogen (secondary N) is 2. The van der Waals surface area contributed by atoms with Crippen molar-refractivity contribution in [2.75, 3.05) is 5.32 Å². The van der Waals surface area contributed by atoms with Crippen LogP contribution in [0.3, 0.4) is 0 Å². The van der Waals surface area contributed by atoms with E-state index in [1.54, 1.807) is 0 Å². The Morgan fingerprint density at radius 1 is 1.03 bits per heavy atom. The number of carbonyl (C=O) groups excluding carboxylic acids is 3. The van der Waals surface area contributed by atoms with Crippen molar-refractivity contribution >= 4 is 23.4 Å². The van der Waals surface area contributed by atoms with Crippen LogP contribution in [-0.4, -0.2) is 34.7 Å². The molecule has 3 aliphatic rings. The van der Waals surface area contributed by atoms with E-state index < -0.39 is 17.4 Å². The molecule has 2 aromatic carbocycles. The predicted octanol–water partition coefficient (Wildman–Crippen LogP) is 2.76. The fourth-order valence-corrected chi connectivity index (χ4v) is 5.66. The van der Waals surface area contributed by atoms with Crippen molar-refractivity contribution in [3.05, 3.63) is 65.2 Å². The Kier molecular flexibility index (Phi) is 4.52. The van der Waals surface area contributed by atoms with E-state index in [0.717, 1.165) is 22.4 Å². The first-order chi connectivity index (χ1) is 14.9. The maximum Gasteiger partial charge on any atom is 0.250 e. The fourth-order valence-electron chi connectivity index (χ4n) is 5.66. The Balaban J connectivity index is 1.66. The van der Waals surface area contributed by atoms with Crippen LogP contribution >= 0.6 is 0 Å². The Hall–Kier alpha value is -2.99. The van der Waals surface area contributed by atoms with E-state index >= 15 is 0 Å². The average Bonchev–Trinajstić information content (AvgIpc) is 3.34. The lowest BCUT2D eigenvalue weighted by molar-refractivity contribution is -0.145. The Morgan fingerprint density at radius 2 is 1.77 bits per heavy atom. The van der Waals surface area contributed by atoms with Gasteiger partial charge in [0.05, 0.1) is 11.8 Å². The Bertz CT molecular complexity index is 1080. The molecule has 2 saturated heterocycles. The van der Waals surface area contributed by atoms with Crippen LogP contribution in [-0.2, 0) is 26.3 Å². The molecule has 6 nitrogen and oxygen atoms in total. The van der Waals surface area contributed by atoms with E-state index in [0.29, 0.717) is 12.8 Å². The molecule has 160 valence electrons. The summed E-state index contributed by atoms with van der Waals surface area (Å²) in [5.41, 5.74) is 2.32. The van der Waals surface area contributed by atoms with Gasteiger partial charge in [-0.05, 0) is 37.8 Å². The van der Waals surface area contributed by atoms with Gasteiger partial charge in [-0.2, -0.15) is 0 Å². The zero-order valence-corrected chi connectivity index (χ0v) is 18.0. The normalized spacial score (nSPS) is 30.0. The van der Waals surface area contributed by atoms with Gasteiger partial charge in [-0.15, -0.1) is 0 Å². The van der Waals surface area contributed by atoms with Crippen molar-refractivity contribution < 1.29 is 14.4 Å². The lowest BCUT2D eigenvalue weighted by Gasteiger charge is -2.31. The summed E-state index contributed by atoms with van der Waals surface area (Å²) in [6.07, 6.45) is 1.26. The monoisotopic (exact) mass is 417 g/mol. The molecule has 3 heterocycles. The van der Waals surface area contributed by atoms with Crippen LogP contribution in [0.2, 0.25) is 0 Å². The second-order valence-corrected chi connectivity index (χ2v) is 9.01. The summed E-state index contributed by atoms with van der Waals surface area (Å²) < 4.78 is 0. The number of rotatable bonds is 4. The number of amides is 3. The summed E-state index contributed by atoms with van der Waals surface area (Å²) in [6, 6.07) is 15.2. The van der Waals surface area contributed by atoms with Gasteiger partial charge in [0.15, 0.2) is 0 Å². The summed E-state index contributed by atoms with van der Waals surface area (Å²) in [7, 11) is 0. The summed E-state index contributed by atoms with van der Waals surface area (Å²) in [5.74, 6) is -1.96. The Labute approximate surface area is 182 Å². The zero-order valence-electron chi connectivity index (χ0n) is 18.0. The van der Waals surface area contributed by atoms with Crippen LogP contribution in [0.4, 0.5) is 5.69 Å². The molecule has 0 bridgehead atoms. The van der Waals surface area contributed by atoms with Gasteiger partial charge in [0.2, 0.25) is 17.7 Å². The van der Waals surface area contributed by atoms with E-state index in [9.17, 15) is 14.4 Å². The standard InChI is InChI=1S/C25H27N3O3/c1-4-15(3)28-22(29)19-18(13-16-10-6-5-7-11-16)27-25(20(19)23(28)30)17-12-8-9-14(2)21(17)26-24(25)31/h5-12,15,18-20,27H,4,13H2,1-3H3,(H,26,31). The van der Waals surface area contributed by atoms with Crippen molar-refractivity contribution in [3.8, 4) is 0 Å². The third-order valence-electron chi connectivity index (χ3n) is 7.32. The van der Waals surface area contributed by atoms with Crippen LogP contribution in [0, 0.1) is 18.8 Å². The number of para-hydroxylation sites is 1. The van der Waals surface area contributed by atoms with Gasteiger partial charge in [0.25, 0.3) is 0 Å². The summed E-state index contributed by atoms with van der Waals surface area (Å²) in [6.45, 7) is 5.81. The van der Waals surface area contributed by atoms with Crippen LogP contribution in [0.1, 0.15) is 37.0 Å². The second-order valence-electron chi connectivity index (χ2n) is 9.01. The Morgan fingerprint density at radius 3 is 2.48 bits per heavy atom. The van der Waals surface area contributed by atoms with Gasteiger partial charge in [0.1, 0.15) is 5.54 Å². The molecule has 1 spiro atoms. The maximum absolute atomic E-state index is 13.7. The van der Waals surface area contributed by atoms with Crippen molar-refractivity contribution in [1.29, 1.82) is 0 Å². The molecular formula is C25H27N3O3. The minimum Gasteiger partial charge on any atom is -0.324 e. The number of aryl methyl sites for hydroxylation is 1. The summed E-state index contributed by atoms with van der Waals surface area (Å²) >= 11 is 0. The number of hydrogen-bond donors (Lipinski definition) is 2. The number of imide groups is 1. The molecular weight excluding hydrogens is 390 g/mol. The minimum absolute atomic E-state index is 0.163. The van der Waals surface area contributed by atoms with E-state index in [1.807, 2.05) is 69.3 Å². The molecule has 5 unspecified atom stereocenters. The van der Waals surface area contributed by atoms with E-state index in [2.05, 4.69) is 10.6 Å². The molecule has 2 fully saturated rings. The fraction of sp³-hybridized carbons (Fsp3) is 0.400. The van der Waals surface area contributed by atoms with E-state index in [4.69, 9.17) is 0 Å². The molecule has 6 heteroatoms. The number of nitrogens with zero attached hydrogens (tertiary/aromatic N) is 1. The van der Waals surface area contributed by atoms with Gasteiger partial charge in [-0.1, -0.05) is 55.5 Å². The number of likely N-dealkylation sites (tertiary alicyclic amines) is 1. The first kappa shape index (κ1) is 19.9. The number of hydrogen-bond acceptors (Lipinski definition) is 4. The zero-order chi connectivity index (χ0) is 21.9. The van der Waals surface area contributed by atoms with Crippen molar-refractivity contribution in [3.63, 3.8) is 0 Å². The number of fused-ring (bicyclic) bond motifs is 4. The lowest BCUT2D eigenvalue weighted by Crippen LogP contribution is -2.54. The van der Waals surface area contributed by atoms with E-state index in [-0.39, 0.29) is 29.8 Å². The SMILES string of the molecule is CCC(C)N1C(=O)C2C(Cc3ccccc3)NC3(C(=O)Nc4c(C)cccc43)C2C1=O. The van der Waals surface area contributed by atoms with Crippen LogP contribution in [0.5, 0.6) is 0 Å².